The van der Waals surface area contributed by atoms with Gasteiger partial charge in [-0.05, 0) is 31.4 Å². The molecule has 17 heavy (non-hydrogen) atoms. The third-order valence-corrected chi connectivity index (χ3v) is 2.94. The quantitative estimate of drug-likeness (QED) is 0.890. The molecule has 1 aliphatic carbocycles. The molecule has 0 saturated heterocycles. The van der Waals surface area contributed by atoms with Crippen LogP contribution in [0.5, 0.6) is 0 Å². The Labute approximate surface area is 103 Å². The van der Waals surface area contributed by atoms with Gasteiger partial charge in [-0.15, -0.1) is 0 Å². The average molecular weight is 263 g/mol. The molecule has 0 amide bonds. The van der Waals surface area contributed by atoms with Gasteiger partial charge in [-0.1, -0.05) is 0 Å². The van der Waals surface area contributed by atoms with Gasteiger partial charge < -0.3 is 5.32 Å². The summed E-state index contributed by atoms with van der Waals surface area (Å²) in [5.74, 6) is -1.66. The zero-order chi connectivity index (χ0) is 12.5. The van der Waals surface area contributed by atoms with Crippen molar-refractivity contribution in [2.45, 2.75) is 44.6 Å². The van der Waals surface area contributed by atoms with Gasteiger partial charge in [0, 0.05) is 18.9 Å². The summed E-state index contributed by atoms with van der Waals surface area (Å²) in [6.07, 6.45) is 0.635. The summed E-state index contributed by atoms with van der Waals surface area (Å²) in [6, 6.07) is -0.0208. The second-order valence-electron chi connectivity index (χ2n) is 4.25. The van der Waals surface area contributed by atoms with E-state index in [9.17, 15) is 8.78 Å². The summed E-state index contributed by atoms with van der Waals surface area (Å²) in [7, 11) is 0. The zero-order valence-corrected chi connectivity index (χ0v) is 10.1. The minimum Gasteiger partial charge on any atom is -0.351 e. The SMILES string of the molecule is Cc1nc(Cl)nc(NC2CCC(F)(F)CC2)n1. The van der Waals surface area contributed by atoms with E-state index in [1.165, 1.54) is 0 Å². The van der Waals surface area contributed by atoms with Gasteiger partial charge in [0.1, 0.15) is 5.82 Å². The lowest BCUT2D eigenvalue weighted by molar-refractivity contribution is -0.0361. The van der Waals surface area contributed by atoms with Gasteiger partial charge in [-0.2, -0.15) is 9.97 Å². The highest BCUT2D eigenvalue weighted by molar-refractivity contribution is 6.28. The largest absolute Gasteiger partial charge is 0.351 e. The highest BCUT2D eigenvalue weighted by Crippen LogP contribution is 2.33. The summed E-state index contributed by atoms with van der Waals surface area (Å²) in [4.78, 5) is 11.8. The number of nitrogens with zero attached hydrogens (tertiary/aromatic N) is 3. The minimum absolute atomic E-state index is 0.0208. The van der Waals surface area contributed by atoms with Crippen LogP contribution >= 0.6 is 11.6 Å². The van der Waals surface area contributed by atoms with Crippen molar-refractivity contribution in [2.75, 3.05) is 5.32 Å². The number of aryl methyl sites for hydroxylation is 1. The molecule has 0 spiro atoms. The third-order valence-electron chi connectivity index (χ3n) is 2.77. The predicted molar refractivity (Wildman–Crippen MR) is 60.4 cm³/mol. The molecule has 94 valence electrons. The van der Waals surface area contributed by atoms with Crippen LogP contribution in [0.15, 0.2) is 0 Å². The normalized spacial score (nSPS) is 20.2. The van der Waals surface area contributed by atoms with Gasteiger partial charge in [-0.3, -0.25) is 0 Å². The summed E-state index contributed by atoms with van der Waals surface area (Å²) < 4.78 is 25.9. The molecule has 0 atom stereocenters. The smallest absolute Gasteiger partial charge is 0.248 e. The Morgan fingerprint density at radius 2 is 1.88 bits per heavy atom. The molecule has 1 aromatic heterocycles. The van der Waals surface area contributed by atoms with E-state index in [-0.39, 0.29) is 24.2 Å². The standard InChI is InChI=1S/C10H13ClF2N4/c1-6-14-8(11)17-9(15-6)16-7-2-4-10(12,13)5-3-7/h7H,2-5H2,1H3,(H,14,15,16,17). The Morgan fingerprint density at radius 1 is 1.24 bits per heavy atom. The first-order valence-electron chi connectivity index (χ1n) is 5.47. The maximum absolute atomic E-state index is 13.0. The van der Waals surface area contributed by atoms with E-state index in [0.29, 0.717) is 24.6 Å². The van der Waals surface area contributed by atoms with Gasteiger partial charge in [0.05, 0.1) is 0 Å². The van der Waals surface area contributed by atoms with E-state index in [4.69, 9.17) is 11.6 Å². The lowest BCUT2D eigenvalue weighted by Gasteiger charge is -2.28. The topological polar surface area (TPSA) is 50.7 Å². The van der Waals surface area contributed by atoms with Gasteiger partial charge in [-0.25, -0.2) is 13.8 Å². The van der Waals surface area contributed by atoms with Gasteiger partial charge in [0.2, 0.25) is 17.2 Å². The first kappa shape index (κ1) is 12.4. The van der Waals surface area contributed by atoms with E-state index in [1.54, 1.807) is 6.92 Å². The Kier molecular flexibility index (Phi) is 3.42. The second-order valence-corrected chi connectivity index (χ2v) is 4.59. The molecule has 0 unspecified atom stereocenters. The molecular weight excluding hydrogens is 250 g/mol. The molecule has 0 aliphatic heterocycles. The molecule has 1 saturated carbocycles. The third kappa shape index (κ3) is 3.46. The molecule has 2 rings (SSSR count). The van der Waals surface area contributed by atoms with Crippen molar-refractivity contribution in [1.82, 2.24) is 15.0 Å². The minimum atomic E-state index is -2.52. The number of anilines is 1. The van der Waals surface area contributed by atoms with E-state index in [2.05, 4.69) is 20.3 Å². The van der Waals surface area contributed by atoms with Gasteiger partial charge in [0.15, 0.2) is 0 Å². The molecule has 0 aromatic carbocycles. The number of rotatable bonds is 2. The number of nitrogens with one attached hydrogen (secondary N) is 1. The second kappa shape index (κ2) is 4.68. The maximum Gasteiger partial charge on any atom is 0.248 e. The van der Waals surface area contributed by atoms with Crippen LogP contribution in [0.1, 0.15) is 31.5 Å². The summed E-state index contributed by atoms with van der Waals surface area (Å²) in [6.45, 7) is 1.70. The zero-order valence-electron chi connectivity index (χ0n) is 9.38. The van der Waals surface area contributed by atoms with Crippen molar-refractivity contribution in [3.63, 3.8) is 0 Å². The fourth-order valence-electron chi connectivity index (χ4n) is 1.88. The molecule has 4 nitrogen and oxygen atoms in total. The Morgan fingerprint density at radius 3 is 2.47 bits per heavy atom. The van der Waals surface area contributed by atoms with Crippen LogP contribution in [0.2, 0.25) is 5.28 Å². The lowest BCUT2D eigenvalue weighted by atomic mass is 9.92. The molecule has 1 fully saturated rings. The van der Waals surface area contributed by atoms with Crippen molar-refractivity contribution < 1.29 is 8.78 Å². The Bertz CT molecular complexity index is 383. The van der Waals surface area contributed by atoms with Crippen LogP contribution in [-0.4, -0.2) is 26.9 Å². The number of hydrogen-bond acceptors (Lipinski definition) is 4. The van der Waals surface area contributed by atoms with E-state index >= 15 is 0 Å². The highest BCUT2D eigenvalue weighted by Gasteiger charge is 2.35. The molecule has 0 radical (unpaired) electrons. The van der Waals surface area contributed by atoms with E-state index in [1.807, 2.05) is 0 Å². The van der Waals surface area contributed by atoms with Crippen molar-refractivity contribution in [3.05, 3.63) is 11.1 Å². The number of aromatic nitrogens is 3. The van der Waals surface area contributed by atoms with Crippen LogP contribution in [0.4, 0.5) is 14.7 Å². The fourth-order valence-corrected chi connectivity index (χ4v) is 2.08. The van der Waals surface area contributed by atoms with Crippen LogP contribution in [0.25, 0.3) is 0 Å². The lowest BCUT2D eigenvalue weighted by Crippen LogP contribution is -2.32. The molecule has 1 aromatic rings. The summed E-state index contributed by atoms with van der Waals surface area (Å²) in [5.41, 5.74) is 0. The molecule has 1 N–H and O–H groups in total. The molecule has 7 heteroatoms. The van der Waals surface area contributed by atoms with E-state index in [0.717, 1.165) is 0 Å². The van der Waals surface area contributed by atoms with Gasteiger partial charge >= 0.3 is 0 Å². The number of halogens is 3. The van der Waals surface area contributed by atoms with Crippen molar-refractivity contribution in [3.8, 4) is 0 Å². The molecule has 1 heterocycles. The van der Waals surface area contributed by atoms with E-state index < -0.39 is 5.92 Å². The molecule has 0 bridgehead atoms. The average Bonchev–Trinajstić information content (AvgIpc) is 2.20. The first-order valence-corrected chi connectivity index (χ1v) is 5.85. The maximum atomic E-state index is 13.0. The monoisotopic (exact) mass is 262 g/mol. The predicted octanol–water partition coefficient (Wildman–Crippen LogP) is 2.82. The van der Waals surface area contributed by atoms with Gasteiger partial charge in [0.25, 0.3) is 0 Å². The molecular formula is C10H13ClF2N4. The Hall–Kier alpha value is -1.04. The van der Waals surface area contributed by atoms with Crippen LogP contribution in [-0.2, 0) is 0 Å². The number of hydrogen-bond donors (Lipinski definition) is 1. The molecule has 1 aliphatic rings. The van der Waals surface area contributed by atoms with Crippen molar-refractivity contribution in [1.29, 1.82) is 0 Å². The first-order chi connectivity index (χ1) is 7.94. The summed E-state index contributed by atoms with van der Waals surface area (Å²) >= 11 is 5.69. The van der Waals surface area contributed by atoms with Crippen molar-refractivity contribution in [2.24, 2.45) is 0 Å². The van der Waals surface area contributed by atoms with Crippen LogP contribution < -0.4 is 5.32 Å². The highest BCUT2D eigenvalue weighted by atomic mass is 35.5. The number of alkyl halides is 2. The van der Waals surface area contributed by atoms with Crippen LogP contribution in [0, 0.1) is 6.92 Å². The van der Waals surface area contributed by atoms with Crippen LogP contribution in [0.3, 0.4) is 0 Å². The fraction of sp³-hybridized carbons (Fsp3) is 0.700. The summed E-state index contributed by atoms with van der Waals surface area (Å²) in [5, 5.41) is 3.13. The Balaban J connectivity index is 1.97. The van der Waals surface area contributed by atoms with Crippen molar-refractivity contribution >= 4 is 17.5 Å².